The average molecular weight is 334 g/mol. The van der Waals surface area contributed by atoms with Crippen LogP contribution in [0.1, 0.15) is 5.56 Å². The molecule has 0 radical (unpaired) electrons. The minimum atomic E-state index is 0.610. The molecule has 0 saturated carbocycles. The highest BCUT2D eigenvalue weighted by Gasteiger charge is 2.13. The molecular weight excluding hydrogens is 317 g/mol. The van der Waals surface area contributed by atoms with E-state index in [1.165, 1.54) is 0 Å². The third kappa shape index (κ3) is 4.92. The van der Waals surface area contributed by atoms with E-state index >= 15 is 0 Å². The van der Waals surface area contributed by atoms with E-state index in [1.54, 1.807) is 6.07 Å². The molecule has 1 saturated heterocycles. The van der Waals surface area contributed by atoms with E-state index in [9.17, 15) is 0 Å². The topological polar surface area (TPSA) is 39.1 Å². The Kier molecular flexibility index (Phi) is 6.54. The van der Waals surface area contributed by atoms with Gasteiger partial charge in [0.1, 0.15) is 0 Å². The van der Waals surface area contributed by atoms with Gasteiger partial charge < -0.3 is 10.2 Å². The lowest BCUT2D eigenvalue weighted by molar-refractivity contribution is 0.589. The molecule has 0 bridgehead atoms. The normalized spacial score (nSPS) is 13.8. The molecule has 2 aromatic rings. The summed E-state index contributed by atoms with van der Waals surface area (Å²) in [6.45, 7) is 3.89. The maximum atomic E-state index is 8.73. The van der Waals surface area contributed by atoms with Crippen molar-refractivity contribution in [2.75, 3.05) is 31.1 Å². The third-order valence-electron chi connectivity index (χ3n) is 3.27. The summed E-state index contributed by atoms with van der Waals surface area (Å²) in [7, 11) is 0. The van der Waals surface area contributed by atoms with Crippen LogP contribution in [-0.2, 0) is 0 Å². The Morgan fingerprint density at radius 2 is 1.68 bits per heavy atom. The number of halogens is 2. The second-order valence-corrected chi connectivity index (χ2v) is 5.65. The van der Waals surface area contributed by atoms with Crippen LogP contribution in [0.25, 0.3) is 0 Å². The molecule has 0 spiro atoms. The van der Waals surface area contributed by atoms with E-state index in [2.05, 4.69) is 16.3 Å². The minimum Gasteiger partial charge on any atom is -0.368 e. The maximum Gasteiger partial charge on any atom is 0.0992 e. The Balaban J connectivity index is 0.000000211. The SMILES string of the molecule is Clc1ccccc1.N#Cc1ccc(N2CCNCC2)c(Cl)c1. The number of hydrogen-bond donors (Lipinski definition) is 1. The zero-order chi connectivity index (χ0) is 15.8. The summed E-state index contributed by atoms with van der Waals surface area (Å²) in [6, 6.07) is 17.0. The van der Waals surface area contributed by atoms with Crippen LogP contribution in [0.3, 0.4) is 0 Å². The fraction of sp³-hybridized carbons (Fsp3) is 0.235. The highest BCUT2D eigenvalue weighted by atomic mass is 35.5. The molecule has 1 N–H and O–H groups in total. The monoisotopic (exact) mass is 333 g/mol. The largest absolute Gasteiger partial charge is 0.368 e. The zero-order valence-electron chi connectivity index (χ0n) is 12.1. The van der Waals surface area contributed by atoms with Crippen molar-refractivity contribution >= 4 is 28.9 Å². The summed E-state index contributed by atoms with van der Waals surface area (Å²) in [4.78, 5) is 2.24. The predicted molar refractivity (Wildman–Crippen MR) is 92.7 cm³/mol. The van der Waals surface area contributed by atoms with Gasteiger partial charge in [0.2, 0.25) is 0 Å². The lowest BCUT2D eigenvalue weighted by atomic mass is 10.2. The second-order valence-electron chi connectivity index (χ2n) is 4.81. The summed E-state index contributed by atoms with van der Waals surface area (Å²) in [6.07, 6.45) is 0. The van der Waals surface area contributed by atoms with Crippen LogP contribution >= 0.6 is 23.2 Å². The number of anilines is 1. The van der Waals surface area contributed by atoms with Gasteiger partial charge in [-0.2, -0.15) is 5.26 Å². The summed E-state index contributed by atoms with van der Waals surface area (Å²) >= 11 is 11.7. The Bertz CT molecular complexity index is 632. The summed E-state index contributed by atoms with van der Waals surface area (Å²) < 4.78 is 0. The van der Waals surface area contributed by atoms with Gasteiger partial charge in [-0.3, -0.25) is 0 Å². The first-order valence-electron chi connectivity index (χ1n) is 7.06. The van der Waals surface area contributed by atoms with Gasteiger partial charge in [-0.1, -0.05) is 41.4 Å². The molecule has 2 aromatic carbocycles. The van der Waals surface area contributed by atoms with Crippen molar-refractivity contribution in [2.45, 2.75) is 0 Å². The molecule has 114 valence electrons. The molecule has 0 aromatic heterocycles. The van der Waals surface area contributed by atoms with Crippen molar-refractivity contribution in [1.29, 1.82) is 5.26 Å². The molecule has 0 amide bonds. The molecular formula is C17H17Cl2N3. The first-order chi connectivity index (χ1) is 10.7. The Morgan fingerprint density at radius 1 is 1.00 bits per heavy atom. The molecule has 5 heteroatoms. The second kappa shape index (κ2) is 8.65. The van der Waals surface area contributed by atoms with Gasteiger partial charge in [0.25, 0.3) is 0 Å². The van der Waals surface area contributed by atoms with Gasteiger partial charge in [0, 0.05) is 31.2 Å². The molecule has 1 aliphatic rings. The molecule has 3 rings (SSSR count). The van der Waals surface area contributed by atoms with E-state index in [4.69, 9.17) is 28.5 Å². The quantitative estimate of drug-likeness (QED) is 0.858. The summed E-state index contributed by atoms with van der Waals surface area (Å²) in [5, 5.41) is 13.5. The van der Waals surface area contributed by atoms with Crippen LogP contribution in [0.15, 0.2) is 48.5 Å². The molecule has 0 aliphatic carbocycles. The number of piperazine rings is 1. The number of benzene rings is 2. The van der Waals surface area contributed by atoms with Crippen molar-refractivity contribution < 1.29 is 0 Å². The van der Waals surface area contributed by atoms with Crippen molar-refractivity contribution in [3.63, 3.8) is 0 Å². The molecule has 0 atom stereocenters. The summed E-state index contributed by atoms with van der Waals surface area (Å²) in [5.74, 6) is 0. The van der Waals surface area contributed by atoms with Crippen LogP contribution in [0.4, 0.5) is 5.69 Å². The smallest absolute Gasteiger partial charge is 0.0992 e. The van der Waals surface area contributed by atoms with Gasteiger partial charge in [-0.25, -0.2) is 0 Å². The molecule has 1 heterocycles. The van der Waals surface area contributed by atoms with Crippen LogP contribution in [0.5, 0.6) is 0 Å². The molecule has 22 heavy (non-hydrogen) atoms. The van der Waals surface area contributed by atoms with Crippen molar-refractivity contribution in [2.24, 2.45) is 0 Å². The number of nitrogens with zero attached hydrogens (tertiary/aromatic N) is 2. The Hall–Kier alpha value is -1.73. The predicted octanol–water partition coefficient (Wildman–Crippen LogP) is 3.96. The fourth-order valence-electron chi connectivity index (χ4n) is 2.15. The highest BCUT2D eigenvalue weighted by molar-refractivity contribution is 6.33. The van der Waals surface area contributed by atoms with Crippen molar-refractivity contribution in [3.05, 3.63) is 64.1 Å². The number of hydrogen-bond acceptors (Lipinski definition) is 3. The standard InChI is InChI=1S/C11H12ClN3.C6H5Cl/c12-10-7-9(8-13)1-2-11(10)15-5-3-14-4-6-15;7-6-4-2-1-3-5-6/h1-2,7,14H,3-6H2;1-5H. The first kappa shape index (κ1) is 16.6. The van der Waals surface area contributed by atoms with E-state index in [0.29, 0.717) is 10.6 Å². The fourth-order valence-corrected chi connectivity index (χ4v) is 2.60. The molecule has 3 nitrogen and oxygen atoms in total. The minimum absolute atomic E-state index is 0.610. The number of nitrogens with one attached hydrogen (secondary N) is 1. The van der Waals surface area contributed by atoms with Crippen LogP contribution in [0, 0.1) is 11.3 Å². The number of nitriles is 1. The van der Waals surface area contributed by atoms with E-state index in [0.717, 1.165) is 36.9 Å². The van der Waals surface area contributed by atoms with Crippen LogP contribution < -0.4 is 10.2 Å². The lowest BCUT2D eigenvalue weighted by Gasteiger charge is -2.30. The summed E-state index contributed by atoms with van der Waals surface area (Å²) in [5.41, 5.74) is 1.64. The Morgan fingerprint density at radius 3 is 2.18 bits per heavy atom. The first-order valence-corrected chi connectivity index (χ1v) is 7.82. The third-order valence-corrected chi connectivity index (χ3v) is 3.82. The van der Waals surface area contributed by atoms with E-state index < -0.39 is 0 Å². The van der Waals surface area contributed by atoms with Gasteiger partial charge in [0.05, 0.1) is 22.3 Å². The van der Waals surface area contributed by atoms with Crippen LogP contribution in [-0.4, -0.2) is 26.2 Å². The lowest BCUT2D eigenvalue weighted by Crippen LogP contribution is -2.43. The maximum absolute atomic E-state index is 8.73. The van der Waals surface area contributed by atoms with Crippen LogP contribution in [0.2, 0.25) is 10.0 Å². The van der Waals surface area contributed by atoms with E-state index in [1.807, 2.05) is 42.5 Å². The molecule has 1 aliphatic heterocycles. The number of rotatable bonds is 1. The average Bonchev–Trinajstić information content (AvgIpc) is 2.57. The van der Waals surface area contributed by atoms with Crippen molar-refractivity contribution in [3.8, 4) is 6.07 Å². The zero-order valence-corrected chi connectivity index (χ0v) is 13.6. The van der Waals surface area contributed by atoms with Gasteiger partial charge in [0.15, 0.2) is 0 Å². The highest BCUT2D eigenvalue weighted by Crippen LogP contribution is 2.26. The van der Waals surface area contributed by atoms with Gasteiger partial charge in [-0.05, 0) is 30.3 Å². The Labute approximate surface area is 141 Å². The molecule has 1 fully saturated rings. The van der Waals surface area contributed by atoms with E-state index in [-0.39, 0.29) is 0 Å². The van der Waals surface area contributed by atoms with Gasteiger partial charge in [-0.15, -0.1) is 0 Å². The van der Waals surface area contributed by atoms with Gasteiger partial charge >= 0.3 is 0 Å². The van der Waals surface area contributed by atoms with Crippen molar-refractivity contribution in [1.82, 2.24) is 5.32 Å². The molecule has 0 unspecified atom stereocenters.